The first-order valence-corrected chi connectivity index (χ1v) is 13.8. The highest BCUT2D eigenvalue weighted by Crippen LogP contribution is 2.45. The molecule has 0 saturated carbocycles. The summed E-state index contributed by atoms with van der Waals surface area (Å²) in [5, 5.41) is 22.5. The standard InChI is InChI=1S/C31H44N2O5/c1-6-8-17-32(18-9-7-2)19-10-20-33-28(25-16-15-24(37-4)21-26(25)38-5)27(30(35)31(33)36)29(34)23-13-11-22(3)12-14-23/h11-16,21,28,31,34,36H,6-10,17-20H2,1-5H3/t28-,31-/m0/s1. The predicted octanol–water partition coefficient (Wildman–Crippen LogP) is 5.52. The number of rotatable bonds is 14. The number of carbonyl (C=O) groups excluding carboxylic acids is 1. The summed E-state index contributed by atoms with van der Waals surface area (Å²) in [5.41, 5.74) is 2.46. The van der Waals surface area contributed by atoms with E-state index in [4.69, 9.17) is 9.47 Å². The molecule has 0 aliphatic carbocycles. The van der Waals surface area contributed by atoms with Crippen molar-refractivity contribution >= 4 is 11.5 Å². The van der Waals surface area contributed by atoms with Gasteiger partial charge in [0.05, 0.1) is 25.8 Å². The van der Waals surface area contributed by atoms with Crippen LogP contribution in [-0.2, 0) is 4.79 Å². The van der Waals surface area contributed by atoms with Crippen molar-refractivity contribution < 1.29 is 24.5 Å². The minimum atomic E-state index is -1.35. The van der Waals surface area contributed by atoms with Crippen LogP contribution in [0.1, 0.15) is 68.7 Å². The average molecular weight is 525 g/mol. The van der Waals surface area contributed by atoms with Gasteiger partial charge in [-0.05, 0) is 58.0 Å². The lowest BCUT2D eigenvalue weighted by atomic mass is 9.94. The van der Waals surface area contributed by atoms with Gasteiger partial charge in [0, 0.05) is 23.7 Å². The van der Waals surface area contributed by atoms with Crippen LogP contribution >= 0.6 is 0 Å². The Balaban J connectivity index is 1.99. The van der Waals surface area contributed by atoms with E-state index in [1.807, 2.05) is 31.2 Å². The van der Waals surface area contributed by atoms with Gasteiger partial charge in [0.1, 0.15) is 17.3 Å². The topological polar surface area (TPSA) is 82.5 Å². The van der Waals surface area contributed by atoms with E-state index in [9.17, 15) is 15.0 Å². The fourth-order valence-corrected chi connectivity index (χ4v) is 5.05. The van der Waals surface area contributed by atoms with E-state index in [-0.39, 0.29) is 11.3 Å². The third-order valence-electron chi connectivity index (χ3n) is 7.28. The van der Waals surface area contributed by atoms with E-state index in [0.29, 0.717) is 29.2 Å². The summed E-state index contributed by atoms with van der Waals surface area (Å²) in [6.45, 7) is 9.84. The lowest BCUT2D eigenvalue weighted by molar-refractivity contribution is -0.127. The third-order valence-corrected chi connectivity index (χ3v) is 7.28. The number of ketones is 1. The van der Waals surface area contributed by atoms with Crippen molar-refractivity contribution in [3.05, 3.63) is 64.7 Å². The first-order valence-electron chi connectivity index (χ1n) is 13.8. The van der Waals surface area contributed by atoms with Crippen molar-refractivity contribution in [3.63, 3.8) is 0 Å². The Labute approximate surface area is 227 Å². The van der Waals surface area contributed by atoms with Crippen LogP contribution in [0.25, 0.3) is 5.76 Å². The summed E-state index contributed by atoms with van der Waals surface area (Å²) in [7, 11) is 3.15. The normalized spacial score (nSPS) is 19.3. The molecule has 38 heavy (non-hydrogen) atoms. The van der Waals surface area contributed by atoms with Crippen molar-refractivity contribution in [2.45, 2.75) is 65.1 Å². The zero-order valence-electron chi connectivity index (χ0n) is 23.6. The molecule has 0 radical (unpaired) electrons. The van der Waals surface area contributed by atoms with Gasteiger partial charge < -0.3 is 24.6 Å². The maximum atomic E-state index is 13.5. The zero-order chi connectivity index (χ0) is 27.7. The Hall–Kier alpha value is -2.87. The second-order valence-electron chi connectivity index (χ2n) is 10.0. The Morgan fingerprint density at radius 1 is 0.947 bits per heavy atom. The van der Waals surface area contributed by atoms with Gasteiger partial charge in [0.2, 0.25) is 5.78 Å². The lowest BCUT2D eigenvalue weighted by Crippen LogP contribution is -2.37. The third kappa shape index (κ3) is 6.95. The Morgan fingerprint density at radius 2 is 1.58 bits per heavy atom. The molecule has 1 saturated heterocycles. The van der Waals surface area contributed by atoms with Crippen molar-refractivity contribution in [2.75, 3.05) is 40.4 Å². The molecule has 208 valence electrons. The number of carbonyl (C=O) groups is 1. The van der Waals surface area contributed by atoms with Crippen LogP contribution in [0.2, 0.25) is 0 Å². The fourth-order valence-electron chi connectivity index (χ4n) is 5.05. The molecule has 1 fully saturated rings. The fraction of sp³-hybridized carbons (Fsp3) is 0.516. The van der Waals surface area contributed by atoms with Crippen LogP contribution in [0.4, 0.5) is 0 Å². The summed E-state index contributed by atoms with van der Waals surface area (Å²) < 4.78 is 11.1. The molecule has 2 atom stereocenters. The van der Waals surface area contributed by atoms with Crippen LogP contribution in [0, 0.1) is 6.92 Å². The van der Waals surface area contributed by atoms with Crippen molar-refractivity contribution in [3.8, 4) is 11.5 Å². The Bertz CT molecular complexity index is 1070. The van der Waals surface area contributed by atoms with Gasteiger partial charge in [-0.3, -0.25) is 9.69 Å². The van der Waals surface area contributed by atoms with E-state index >= 15 is 0 Å². The highest BCUT2D eigenvalue weighted by molar-refractivity contribution is 6.07. The molecule has 0 amide bonds. The summed E-state index contributed by atoms with van der Waals surface area (Å²) >= 11 is 0. The molecular weight excluding hydrogens is 480 g/mol. The molecule has 1 aliphatic heterocycles. The Kier molecular flexibility index (Phi) is 11.2. The smallest absolute Gasteiger partial charge is 0.208 e. The number of aliphatic hydroxyl groups excluding tert-OH is 2. The number of Topliss-reactive ketones (excluding diaryl/α,β-unsaturated/α-hetero) is 1. The second kappa shape index (κ2) is 14.3. The van der Waals surface area contributed by atoms with Crippen molar-refractivity contribution in [1.82, 2.24) is 9.80 Å². The number of likely N-dealkylation sites (tertiary alicyclic amines) is 1. The second-order valence-corrected chi connectivity index (χ2v) is 10.0. The largest absolute Gasteiger partial charge is 0.507 e. The SMILES string of the molecule is CCCCN(CCCC)CCCN1[C@@H](c2ccc(OC)cc2OC)C(=C(O)c2ccc(C)cc2)C(=O)[C@@H]1O. The lowest BCUT2D eigenvalue weighted by Gasteiger charge is -2.29. The molecule has 2 aromatic carbocycles. The molecule has 1 heterocycles. The van der Waals surface area contributed by atoms with Crippen LogP contribution in [0.15, 0.2) is 48.0 Å². The maximum absolute atomic E-state index is 13.5. The maximum Gasteiger partial charge on any atom is 0.208 e. The van der Waals surface area contributed by atoms with Gasteiger partial charge in [-0.25, -0.2) is 0 Å². The highest BCUT2D eigenvalue weighted by atomic mass is 16.5. The summed E-state index contributed by atoms with van der Waals surface area (Å²) in [5.74, 6) is 0.549. The molecule has 3 rings (SSSR count). The van der Waals surface area contributed by atoms with Crippen LogP contribution in [0.5, 0.6) is 11.5 Å². The van der Waals surface area contributed by atoms with Gasteiger partial charge in [-0.15, -0.1) is 0 Å². The van der Waals surface area contributed by atoms with Crippen molar-refractivity contribution in [1.29, 1.82) is 0 Å². The number of aryl methyl sites for hydroxylation is 1. The number of nitrogens with zero attached hydrogens (tertiary/aromatic N) is 2. The number of benzene rings is 2. The predicted molar refractivity (Wildman–Crippen MR) is 152 cm³/mol. The average Bonchev–Trinajstić information content (AvgIpc) is 3.18. The summed E-state index contributed by atoms with van der Waals surface area (Å²) in [6.07, 6.45) is 4.02. The van der Waals surface area contributed by atoms with Gasteiger partial charge in [0.15, 0.2) is 6.23 Å². The van der Waals surface area contributed by atoms with E-state index < -0.39 is 18.1 Å². The van der Waals surface area contributed by atoms with Crippen LogP contribution < -0.4 is 9.47 Å². The number of methoxy groups -OCH3 is 2. The van der Waals surface area contributed by atoms with Gasteiger partial charge in [0.25, 0.3) is 0 Å². The van der Waals surface area contributed by atoms with E-state index in [1.54, 1.807) is 37.3 Å². The van der Waals surface area contributed by atoms with Crippen molar-refractivity contribution in [2.24, 2.45) is 0 Å². The molecule has 2 aromatic rings. The number of aliphatic hydroxyl groups is 2. The minimum Gasteiger partial charge on any atom is -0.507 e. The molecule has 1 aliphatic rings. The van der Waals surface area contributed by atoms with Crippen LogP contribution in [-0.4, -0.2) is 72.4 Å². The first kappa shape index (κ1) is 29.7. The molecule has 0 spiro atoms. The quantitative estimate of drug-likeness (QED) is 0.249. The number of ether oxygens (including phenoxy) is 2. The Morgan fingerprint density at radius 3 is 2.16 bits per heavy atom. The highest BCUT2D eigenvalue weighted by Gasteiger charge is 2.47. The number of hydrogen-bond acceptors (Lipinski definition) is 7. The minimum absolute atomic E-state index is 0.119. The monoisotopic (exact) mass is 524 g/mol. The van der Waals surface area contributed by atoms with E-state index in [2.05, 4.69) is 18.7 Å². The molecule has 0 bridgehead atoms. The molecule has 7 nitrogen and oxygen atoms in total. The molecule has 0 unspecified atom stereocenters. The molecule has 0 aromatic heterocycles. The molecule has 7 heteroatoms. The van der Waals surface area contributed by atoms with Gasteiger partial charge in [-0.1, -0.05) is 56.5 Å². The van der Waals surface area contributed by atoms with Gasteiger partial charge in [-0.2, -0.15) is 0 Å². The number of unbranched alkanes of at least 4 members (excludes halogenated alkanes) is 2. The first-order chi connectivity index (χ1) is 18.4. The molecule has 2 N–H and O–H groups in total. The summed E-state index contributed by atoms with van der Waals surface area (Å²) in [4.78, 5) is 17.8. The van der Waals surface area contributed by atoms with E-state index in [0.717, 1.165) is 57.3 Å². The zero-order valence-corrected chi connectivity index (χ0v) is 23.6. The summed E-state index contributed by atoms with van der Waals surface area (Å²) in [6, 6.07) is 12.1. The van der Waals surface area contributed by atoms with Gasteiger partial charge >= 0.3 is 0 Å². The molecular formula is C31H44N2O5. The number of hydrogen-bond donors (Lipinski definition) is 2. The van der Waals surface area contributed by atoms with Crippen LogP contribution in [0.3, 0.4) is 0 Å². The van der Waals surface area contributed by atoms with E-state index in [1.165, 1.54) is 0 Å².